The lowest BCUT2D eigenvalue weighted by atomic mass is 10.3. The first-order chi connectivity index (χ1) is 10.5. The molecule has 7 heteroatoms. The van der Waals surface area contributed by atoms with Crippen LogP contribution >= 0.6 is 11.6 Å². The highest BCUT2D eigenvalue weighted by molar-refractivity contribution is 7.89. The zero-order valence-corrected chi connectivity index (χ0v) is 13.2. The normalized spacial score (nSPS) is 11.1. The van der Waals surface area contributed by atoms with Crippen molar-refractivity contribution in [2.24, 2.45) is 0 Å². The number of hydrogen-bond donors (Lipinski definition) is 2. The zero-order valence-electron chi connectivity index (χ0n) is 11.6. The first kappa shape index (κ1) is 16.5. The third kappa shape index (κ3) is 4.84. The van der Waals surface area contributed by atoms with Crippen molar-refractivity contribution in [3.8, 4) is 0 Å². The van der Waals surface area contributed by atoms with Gasteiger partial charge in [-0.25, -0.2) is 13.1 Å². The molecule has 2 aromatic rings. The average Bonchev–Trinajstić information content (AvgIpc) is 2.50. The van der Waals surface area contributed by atoms with Crippen molar-refractivity contribution in [3.05, 3.63) is 59.6 Å². The van der Waals surface area contributed by atoms with Crippen molar-refractivity contribution in [1.29, 1.82) is 0 Å². The minimum atomic E-state index is -3.58. The highest BCUT2D eigenvalue weighted by Gasteiger charge is 2.13. The van der Waals surface area contributed by atoms with Gasteiger partial charge in [-0.2, -0.15) is 0 Å². The molecule has 2 rings (SSSR count). The van der Waals surface area contributed by atoms with Crippen LogP contribution in [0.3, 0.4) is 0 Å². The number of rotatable bonds is 6. The number of benzene rings is 2. The van der Waals surface area contributed by atoms with Crippen LogP contribution in [0.1, 0.15) is 6.42 Å². The van der Waals surface area contributed by atoms with Gasteiger partial charge in [-0.3, -0.25) is 4.79 Å². The molecule has 2 aromatic carbocycles. The lowest BCUT2D eigenvalue weighted by Gasteiger charge is -2.07. The third-order valence-electron chi connectivity index (χ3n) is 2.83. The van der Waals surface area contributed by atoms with Gasteiger partial charge in [0.2, 0.25) is 15.9 Å². The van der Waals surface area contributed by atoms with Crippen LogP contribution in [-0.2, 0) is 14.8 Å². The fourth-order valence-corrected chi connectivity index (χ4v) is 2.92. The topological polar surface area (TPSA) is 75.3 Å². The Morgan fingerprint density at radius 2 is 1.64 bits per heavy atom. The lowest BCUT2D eigenvalue weighted by molar-refractivity contribution is -0.116. The number of sulfonamides is 1. The van der Waals surface area contributed by atoms with Crippen LogP contribution in [0.15, 0.2) is 59.5 Å². The van der Waals surface area contributed by atoms with Gasteiger partial charge in [0.1, 0.15) is 0 Å². The number of carbonyl (C=O) groups is 1. The molecule has 1 amide bonds. The van der Waals surface area contributed by atoms with Gasteiger partial charge < -0.3 is 5.32 Å². The Morgan fingerprint density at radius 3 is 2.27 bits per heavy atom. The van der Waals surface area contributed by atoms with E-state index in [1.807, 2.05) is 0 Å². The standard InChI is InChI=1S/C15H15ClN2O3S/c16-12-6-8-13(9-7-12)18-15(19)10-11-17-22(20,21)14-4-2-1-3-5-14/h1-9,17H,10-11H2,(H,18,19). The molecule has 22 heavy (non-hydrogen) atoms. The summed E-state index contributed by atoms with van der Waals surface area (Å²) in [6.07, 6.45) is 0.0364. The molecule has 116 valence electrons. The van der Waals surface area contributed by atoms with Gasteiger partial charge in [-0.1, -0.05) is 29.8 Å². The summed E-state index contributed by atoms with van der Waals surface area (Å²) in [4.78, 5) is 11.9. The summed E-state index contributed by atoms with van der Waals surface area (Å²) in [6, 6.07) is 14.7. The predicted octanol–water partition coefficient (Wildman–Crippen LogP) is 2.65. The van der Waals surface area contributed by atoms with Crippen molar-refractivity contribution in [2.75, 3.05) is 11.9 Å². The summed E-state index contributed by atoms with van der Waals surface area (Å²) in [7, 11) is -3.58. The van der Waals surface area contributed by atoms with E-state index in [1.165, 1.54) is 12.1 Å². The number of hydrogen-bond acceptors (Lipinski definition) is 3. The predicted molar refractivity (Wildman–Crippen MR) is 86.3 cm³/mol. The number of halogens is 1. The van der Waals surface area contributed by atoms with Gasteiger partial charge in [0, 0.05) is 23.7 Å². The molecule has 0 spiro atoms. The second-order valence-electron chi connectivity index (χ2n) is 4.52. The maximum Gasteiger partial charge on any atom is 0.240 e. The molecule has 5 nitrogen and oxygen atoms in total. The average molecular weight is 339 g/mol. The monoisotopic (exact) mass is 338 g/mol. The minimum Gasteiger partial charge on any atom is -0.326 e. The second kappa shape index (κ2) is 7.40. The molecule has 0 aliphatic carbocycles. The Kier molecular flexibility index (Phi) is 5.54. The quantitative estimate of drug-likeness (QED) is 0.850. The van der Waals surface area contributed by atoms with Crippen molar-refractivity contribution < 1.29 is 13.2 Å². The Balaban J connectivity index is 1.83. The van der Waals surface area contributed by atoms with Crippen molar-refractivity contribution in [3.63, 3.8) is 0 Å². The van der Waals surface area contributed by atoms with E-state index in [0.29, 0.717) is 10.7 Å². The van der Waals surface area contributed by atoms with Gasteiger partial charge in [0.15, 0.2) is 0 Å². The molecular formula is C15H15ClN2O3S. The number of anilines is 1. The van der Waals surface area contributed by atoms with E-state index in [2.05, 4.69) is 10.0 Å². The van der Waals surface area contributed by atoms with Crippen molar-refractivity contribution in [2.45, 2.75) is 11.3 Å². The van der Waals surface area contributed by atoms with E-state index in [0.717, 1.165) is 0 Å². The molecule has 0 fully saturated rings. The van der Waals surface area contributed by atoms with Crippen LogP contribution in [0.2, 0.25) is 5.02 Å². The van der Waals surface area contributed by atoms with Crippen LogP contribution in [-0.4, -0.2) is 20.9 Å². The Hall–Kier alpha value is -1.89. The summed E-state index contributed by atoms with van der Waals surface area (Å²) >= 11 is 5.75. The van der Waals surface area contributed by atoms with Gasteiger partial charge in [-0.05, 0) is 36.4 Å². The van der Waals surface area contributed by atoms with E-state index < -0.39 is 10.0 Å². The number of amides is 1. The molecule has 0 atom stereocenters. The maximum absolute atomic E-state index is 12.0. The molecule has 0 radical (unpaired) electrons. The van der Waals surface area contributed by atoms with E-state index in [-0.39, 0.29) is 23.8 Å². The number of carbonyl (C=O) groups excluding carboxylic acids is 1. The van der Waals surface area contributed by atoms with Crippen LogP contribution in [0.4, 0.5) is 5.69 Å². The molecule has 0 heterocycles. The third-order valence-corrected chi connectivity index (χ3v) is 4.55. The van der Waals surface area contributed by atoms with Crippen LogP contribution in [0.5, 0.6) is 0 Å². The first-order valence-electron chi connectivity index (χ1n) is 6.57. The lowest BCUT2D eigenvalue weighted by Crippen LogP contribution is -2.27. The van der Waals surface area contributed by atoms with Gasteiger partial charge >= 0.3 is 0 Å². The molecule has 0 saturated heterocycles. The second-order valence-corrected chi connectivity index (χ2v) is 6.72. The Labute approximate surface area is 134 Å². The largest absolute Gasteiger partial charge is 0.326 e. The van der Waals surface area contributed by atoms with Crippen molar-refractivity contribution >= 4 is 33.2 Å². The molecule has 2 N–H and O–H groups in total. The minimum absolute atomic E-state index is 0.0245. The Bertz CT molecular complexity index is 731. The molecule has 0 saturated carbocycles. The van der Waals surface area contributed by atoms with Gasteiger partial charge in [0.25, 0.3) is 0 Å². The maximum atomic E-state index is 12.0. The van der Waals surface area contributed by atoms with E-state index in [9.17, 15) is 13.2 Å². The molecule has 0 aromatic heterocycles. The molecular weight excluding hydrogens is 324 g/mol. The van der Waals surface area contributed by atoms with E-state index in [1.54, 1.807) is 42.5 Å². The summed E-state index contributed by atoms with van der Waals surface area (Å²) in [6.45, 7) is 0.0245. The zero-order chi connectivity index (χ0) is 16.0. The van der Waals surface area contributed by atoms with Crippen molar-refractivity contribution in [1.82, 2.24) is 4.72 Å². The molecule has 0 unspecified atom stereocenters. The Morgan fingerprint density at radius 1 is 1.00 bits per heavy atom. The highest BCUT2D eigenvalue weighted by Crippen LogP contribution is 2.13. The van der Waals surface area contributed by atoms with Crippen LogP contribution in [0.25, 0.3) is 0 Å². The van der Waals surface area contributed by atoms with Gasteiger partial charge in [-0.15, -0.1) is 0 Å². The highest BCUT2D eigenvalue weighted by atomic mass is 35.5. The molecule has 0 aliphatic heterocycles. The molecule has 0 bridgehead atoms. The fourth-order valence-electron chi connectivity index (χ4n) is 1.74. The fraction of sp³-hybridized carbons (Fsp3) is 0.133. The number of nitrogens with one attached hydrogen (secondary N) is 2. The SMILES string of the molecule is O=C(CCNS(=O)(=O)c1ccccc1)Nc1ccc(Cl)cc1. The van der Waals surface area contributed by atoms with Crippen LogP contribution < -0.4 is 10.0 Å². The first-order valence-corrected chi connectivity index (χ1v) is 8.43. The summed E-state index contributed by atoms with van der Waals surface area (Å²) < 4.78 is 26.3. The smallest absolute Gasteiger partial charge is 0.240 e. The van der Waals surface area contributed by atoms with Crippen LogP contribution in [0, 0.1) is 0 Å². The van der Waals surface area contributed by atoms with Gasteiger partial charge in [0.05, 0.1) is 4.90 Å². The summed E-state index contributed by atoms with van der Waals surface area (Å²) in [5.74, 6) is -0.280. The van der Waals surface area contributed by atoms with E-state index >= 15 is 0 Å². The summed E-state index contributed by atoms with van der Waals surface area (Å²) in [5.41, 5.74) is 0.611. The summed E-state index contributed by atoms with van der Waals surface area (Å²) in [5, 5.41) is 3.24. The molecule has 0 aliphatic rings. The van der Waals surface area contributed by atoms with E-state index in [4.69, 9.17) is 11.6 Å².